The Bertz CT molecular complexity index is 2230. The Labute approximate surface area is 322 Å². The van der Waals surface area contributed by atoms with Gasteiger partial charge in [-0.15, -0.1) is 0 Å². The highest BCUT2D eigenvalue weighted by Crippen LogP contribution is 2.39. The van der Waals surface area contributed by atoms with Crippen molar-refractivity contribution in [1.29, 1.82) is 0 Å². The second kappa shape index (κ2) is 16.1. The summed E-state index contributed by atoms with van der Waals surface area (Å²) in [5.74, 6) is 0. The summed E-state index contributed by atoms with van der Waals surface area (Å²) < 4.78 is 0. The average Bonchev–Trinajstić information content (AvgIpc) is 3.19. The molecule has 0 radical (unpaired) electrons. The maximum absolute atomic E-state index is 2.35. The molecule has 0 saturated heterocycles. The lowest BCUT2D eigenvalue weighted by Gasteiger charge is -2.28. The molecule has 0 amide bonds. The molecule has 266 valence electrons. The predicted octanol–water partition coefficient (Wildman–Crippen LogP) is 14.8. The smallest absolute Gasteiger partial charge is 0.0493 e. The maximum atomic E-state index is 2.35. The van der Waals surface area contributed by atoms with Crippen LogP contribution in [0.3, 0.4) is 0 Å². The first-order valence-electron chi connectivity index (χ1n) is 18.8. The highest BCUT2D eigenvalue weighted by atomic mass is 15.1. The van der Waals surface area contributed by atoms with Gasteiger partial charge in [0.2, 0.25) is 0 Å². The van der Waals surface area contributed by atoms with Gasteiger partial charge < -0.3 is 9.80 Å². The van der Waals surface area contributed by atoms with Gasteiger partial charge in [-0.2, -0.15) is 0 Å². The molecule has 0 aliphatic carbocycles. The van der Waals surface area contributed by atoms with Gasteiger partial charge in [-0.05, 0) is 158 Å². The van der Waals surface area contributed by atoms with Crippen LogP contribution in [0.5, 0.6) is 0 Å². The number of rotatable bonds is 10. The molecule has 7 aromatic carbocycles. The fourth-order valence-corrected chi connectivity index (χ4v) is 6.95. The molecule has 0 atom stereocenters. The van der Waals surface area contributed by atoms with Crippen LogP contribution in [0, 0.1) is 41.5 Å². The Morgan fingerprint density at radius 1 is 0.278 bits per heavy atom. The van der Waals surface area contributed by atoms with E-state index in [2.05, 4.69) is 233 Å². The monoisotopic (exact) mass is 700 g/mol. The topological polar surface area (TPSA) is 6.48 Å². The van der Waals surface area contributed by atoms with Gasteiger partial charge >= 0.3 is 0 Å². The SMILES string of the molecule is Cc1cc(C)c(N(c2ccccc2)c2ccc(/C=C/c3ccc(/C=C/c4ccc(N(c5ccccc5)c5cc(C)c(C)cc5C)cc4)cc3)cc2)cc1C. The standard InChI is InChI=1S/C52H48N2/c1-37-33-41(5)51(35-39(37)3)53(47-13-9-7-10-14-47)49-29-25-45(26-30-49)23-21-43-17-19-44(20-18-43)22-24-46-27-31-50(32-28-46)54(48-15-11-8-12-16-48)52-36-40(4)38(2)34-42(52)6/h7-36H,1-6H3/b23-21+,24-22+. The van der Waals surface area contributed by atoms with Crippen LogP contribution in [0.25, 0.3) is 24.3 Å². The molecule has 0 spiro atoms. The fraction of sp³-hybridized carbons (Fsp3) is 0.115. The number of benzene rings is 7. The molecule has 0 aliphatic heterocycles. The van der Waals surface area contributed by atoms with Crippen molar-refractivity contribution in [3.8, 4) is 0 Å². The zero-order valence-corrected chi connectivity index (χ0v) is 32.2. The van der Waals surface area contributed by atoms with E-state index in [4.69, 9.17) is 0 Å². The second-order valence-electron chi connectivity index (χ2n) is 14.3. The number of para-hydroxylation sites is 2. The van der Waals surface area contributed by atoms with Crippen LogP contribution in [-0.4, -0.2) is 0 Å². The minimum absolute atomic E-state index is 1.14. The van der Waals surface area contributed by atoms with Crippen LogP contribution < -0.4 is 9.80 Å². The molecule has 0 aromatic heterocycles. The molecule has 0 heterocycles. The molecule has 54 heavy (non-hydrogen) atoms. The van der Waals surface area contributed by atoms with Crippen molar-refractivity contribution in [2.45, 2.75) is 41.5 Å². The lowest BCUT2D eigenvalue weighted by atomic mass is 10.0. The third kappa shape index (κ3) is 8.14. The maximum Gasteiger partial charge on any atom is 0.0493 e. The minimum atomic E-state index is 1.14. The molecule has 7 rings (SSSR count). The number of anilines is 6. The Morgan fingerprint density at radius 3 is 0.852 bits per heavy atom. The summed E-state index contributed by atoms with van der Waals surface area (Å²) in [5, 5.41) is 0. The van der Waals surface area contributed by atoms with Gasteiger partial charge in [0.1, 0.15) is 0 Å². The first kappa shape index (κ1) is 36.0. The van der Waals surface area contributed by atoms with E-state index in [1.807, 2.05) is 0 Å². The van der Waals surface area contributed by atoms with Gasteiger partial charge in [-0.25, -0.2) is 0 Å². The van der Waals surface area contributed by atoms with E-state index in [0.29, 0.717) is 0 Å². The number of hydrogen-bond acceptors (Lipinski definition) is 2. The number of hydrogen-bond donors (Lipinski definition) is 0. The Balaban J connectivity index is 1.04. The molecule has 0 aliphatic rings. The highest BCUT2D eigenvalue weighted by Gasteiger charge is 2.17. The summed E-state index contributed by atoms with van der Waals surface area (Å²) in [6.07, 6.45) is 8.73. The van der Waals surface area contributed by atoms with Crippen LogP contribution in [0.2, 0.25) is 0 Å². The fourth-order valence-electron chi connectivity index (χ4n) is 6.95. The average molecular weight is 701 g/mol. The summed E-state index contributed by atoms with van der Waals surface area (Å²) in [5.41, 5.74) is 19.4. The summed E-state index contributed by atoms with van der Waals surface area (Å²) in [7, 11) is 0. The van der Waals surface area contributed by atoms with E-state index in [0.717, 1.165) is 33.9 Å². The van der Waals surface area contributed by atoms with E-state index < -0.39 is 0 Å². The van der Waals surface area contributed by atoms with E-state index in [1.165, 1.54) is 55.9 Å². The zero-order chi connectivity index (χ0) is 37.6. The number of nitrogens with zero attached hydrogens (tertiary/aromatic N) is 2. The first-order chi connectivity index (χ1) is 26.2. The lowest BCUT2D eigenvalue weighted by Crippen LogP contribution is -2.11. The summed E-state index contributed by atoms with van der Waals surface area (Å²) in [6.45, 7) is 13.1. The van der Waals surface area contributed by atoms with Crippen molar-refractivity contribution in [2.24, 2.45) is 0 Å². The summed E-state index contributed by atoms with van der Waals surface area (Å²) in [4.78, 5) is 4.70. The molecule has 0 unspecified atom stereocenters. The predicted molar refractivity (Wildman–Crippen MR) is 235 cm³/mol. The van der Waals surface area contributed by atoms with Crippen LogP contribution in [0.1, 0.15) is 55.6 Å². The quantitative estimate of drug-likeness (QED) is 0.131. The Kier molecular flexibility index (Phi) is 10.7. The minimum Gasteiger partial charge on any atom is -0.310 e. The first-order valence-corrected chi connectivity index (χ1v) is 18.8. The molecule has 7 aromatic rings. The zero-order valence-electron chi connectivity index (χ0n) is 32.2. The van der Waals surface area contributed by atoms with Crippen molar-refractivity contribution in [1.82, 2.24) is 0 Å². The molecular weight excluding hydrogens is 653 g/mol. The van der Waals surface area contributed by atoms with E-state index >= 15 is 0 Å². The molecule has 0 N–H and O–H groups in total. The second-order valence-corrected chi connectivity index (χ2v) is 14.3. The van der Waals surface area contributed by atoms with E-state index in [1.54, 1.807) is 0 Å². The van der Waals surface area contributed by atoms with E-state index in [-0.39, 0.29) is 0 Å². The Morgan fingerprint density at radius 2 is 0.537 bits per heavy atom. The molecule has 0 fully saturated rings. The van der Waals surface area contributed by atoms with Gasteiger partial charge in [0.15, 0.2) is 0 Å². The third-order valence-electron chi connectivity index (χ3n) is 10.3. The van der Waals surface area contributed by atoms with Crippen molar-refractivity contribution < 1.29 is 0 Å². The molecule has 2 nitrogen and oxygen atoms in total. The van der Waals surface area contributed by atoms with E-state index in [9.17, 15) is 0 Å². The van der Waals surface area contributed by atoms with Crippen LogP contribution in [0.15, 0.2) is 158 Å². The highest BCUT2D eigenvalue weighted by molar-refractivity contribution is 5.82. The molecule has 0 saturated carbocycles. The summed E-state index contributed by atoms with van der Waals surface area (Å²) >= 11 is 0. The Hall–Kier alpha value is -6.38. The van der Waals surface area contributed by atoms with Crippen molar-refractivity contribution in [3.63, 3.8) is 0 Å². The van der Waals surface area contributed by atoms with Crippen molar-refractivity contribution in [3.05, 3.63) is 213 Å². The van der Waals surface area contributed by atoms with Gasteiger partial charge in [0, 0.05) is 34.1 Å². The van der Waals surface area contributed by atoms with Gasteiger partial charge in [0.25, 0.3) is 0 Å². The summed E-state index contributed by atoms with van der Waals surface area (Å²) in [6, 6.07) is 56.7. The largest absolute Gasteiger partial charge is 0.310 e. The van der Waals surface area contributed by atoms with Gasteiger partial charge in [-0.3, -0.25) is 0 Å². The lowest BCUT2D eigenvalue weighted by molar-refractivity contribution is 1.21. The van der Waals surface area contributed by atoms with Gasteiger partial charge in [-0.1, -0.05) is 121 Å². The molecular formula is C52H48N2. The third-order valence-corrected chi connectivity index (χ3v) is 10.3. The van der Waals surface area contributed by atoms with Gasteiger partial charge in [0.05, 0.1) is 0 Å². The van der Waals surface area contributed by atoms with Crippen LogP contribution >= 0.6 is 0 Å². The number of aryl methyl sites for hydroxylation is 6. The molecule has 2 heteroatoms. The van der Waals surface area contributed by atoms with Crippen LogP contribution in [-0.2, 0) is 0 Å². The van der Waals surface area contributed by atoms with Crippen molar-refractivity contribution in [2.75, 3.05) is 9.80 Å². The van der Waals surface area contributed by atoms with Crippen LogP contribution in [0.4, 0.5) is 34.1 Å². The van der Waals surface area contributed by atoms with Crippen molar-refractivity contribution >= 4 is 58.4 Å². The normalized spacial score (nSPS) is 11.4. The molecule has 0 bridgehead atoms.